The Balaban J connectivity index is 1.41. The fraction of sp³-hybridized carbons (Fsp3) is 0.400. The lowest BCUT2D eigenvalue weighted by molar-refractivity contribution is -0.129. The number of hydrogen-bond acceptors (Lipinski definition) is 6. The van der Waals surface area contributed by atoms with E-state index >= 15 is 0 Å². The molecule has 2 amide bonds. The van der Waals surface area contributed by atoms with Crippen LogP contribution in [0.2, 0.25) is 0 Å². The molecule has 1 saturated heterocycles. The lowest BCUT2D eigenvalue weighted by Gasteiger charge is -2.17. The van der Waals surface area contributed by atoms with Gasteiger partial charge in [0.05, 0.1) is 12.2 Å². The van der Waals surface area contributed by atoms with Crippen LogP contribution in [-0.2, 0) is 22.6 Å². The molecule has 1 aliphatic rings. The van der Waals surface area contributed by atoms with Gasteiger partial charge in [0.2, 0.25) is 11.7 Å². The summed E-state index contributed by atoms with van der Waals surface area (Å²) in [4.78, 5) is 33.3. The third kappa shape index (κ3) is 5.63. The normalized spacial score (nSPS) is 15.8. The third-order valence-electron chi connectivity index (χ3n) is 4.54. The highest BCUT2D eigenvalue weighted by molar-refractivity contribution is 5.82. The number of hydrogen-bond donors (Lipinski definition) is 1. The predicted octanol–water partition coefficient (Wildman–Crippen LogP) is 2.08. The summed E-state index contributed by atoms with van der Waals surface area (Å²) in [5.74, 6) is -0.925. The first kappa shape index (κ1) is 20.5. The number of aryl methyl sites for hydroxylation is 1. The van der Waals surface area contributed by atoms with Crippen LogP contribution in [-0.4, -0.2) is 52.6 Å². The summed E-state index contributed by atoms with van der Waals surface area (Å²) in [6, 6.07) is 9.25. The number of nitrogens with one attached hydrogen (secondary N) is 1. The minimum absolute atomic E-state index is 0.0984. The molecule has 2 aromatic rings. The average Bonchev–Trinajstić information content (AvgIpc) is 3.21. The van der Waals surface area contributed by atoms with E-state index in [1.165, 1.54) is 6.33 Å². The number of ether oxygens (including phenoxy) is 2. The molecule has 8 nitrogen and oxygen atoms in total. The zero-order chi connectivity index (χ0) is 20.6. The van der Waals surface area contributed by atoms with Gasteiger partial charge in [-0.1, -0.05) is 37.3 Å². The number of halogens is 1. The molecule has 0 aliphatic carbocycles. The van der Waals surface area contributed by atoms with Crippen LogP contribution in [0.25, 0.3) is 0 Å². The van der Waals surface area contributed by atoms with Crippen LogP contribution in [0.15, 0.2) is 36.7 Å². The van der Waals surface area contributed by atoms with Gasteiger partial charge in [-0.05, 0) is 12.0 Å². The third-order valence-corrected chi connectivity index (χ3v) is 4.54. The molecule has 1 N–H and O–H groups in total. The molecule has 1 fully saturated rings. The van der Waals surface area contributed by atoms with Gasteiger partial charge in [-0.15, -0.1) is 0 Å². The van der Waals surface area contributed by atoms with E-state index < -0.39 is 11.9 Å². The Labute approximate surface area is 168 Å². The molecule has 2 heterocycles. The van der Waals surface area contributed by atoms with Gasteiger partial charge in [0.15, 0.2) is 0 Å². The second kappa shape index (κ2) is 9.81. The summed E-state index contributed by atoms with van der Waals surface area (Å²) in [7, 11) is 0. The number of carbonyl (C=O) groups is 2. The summed E-state index contributed by atoms with van der Waals surface area (Å²) in [5, 5.41) is 2.44. The standard InChI is InChI=1S/C20H23FN4O4/c1-2-16-18(21)19(24-13-23-16)29-15-8-9-25(11-15)17(26)10-22-20(27)28-12-14-6-4-3-5-7-14/h3-7,13,15H,2,8-12H2,1H3,(H,22,27). The Morgan fingerprint density at radius 2 is 2.07 bits per heavy atom. The summed E-state index contributed by atoms with van der Waals surface area (Å²) in [6.07, 6.45) is 1.23. The molecule has 0 saturated carbocycles. The van der Waals surface area contributed by atoms with Crippen molar-refractivity contribution in [1.29, 1.82) is 0 Å². The van der Waals surface area contributed by atoms with Crippen molar-refractivity contribution < 1.29 is 23.5 Å². The second-order valence-corrected chi connectivity index (χ2v) is 6.58. The van der Waals surface area contributed by atoms with Crippen molar-refractivity contribution in [3.8, 4) is 5.88 Å². The van der Waals surface area contributed by atoms with E-state index in [0.29, 0.717) is 31.6 Å². The minimum atomic E-state index is -0.663. The first-order chi connectivity index (χ1) is 14.1. The highest BCUT2D eigenvalue weighted by atomic mass is 19.1. The quantitative estimate of drug-likeness (QED) is 0.762. The molecule has 9 heteroatoms. The zero-order valence-electron chi connectivity index (χ0n) is 16.1. The molecular weight excluding hydrogens is 379 g/mol. The number of amides is 2. The van der Waals surface area contributed by atoms with Gasteiger partial charge < -0.3 is 19.7 Å². The largest absolute Gasteiger partial charge is 0.470 e. The van der Waals surface area contributed by atoms with Gasteiger partial charge in [0, 0.05) is 13.0 Å². The first-order valence-corrected chi connectivity index (χ1v) is 9.45. The number of benzene rings is 1. The number of rotatable bonds is 7. The lowest BCUT2D eigenvalue weighted by Crippen LogP contribution is -2.40. The van der Waals surface area contributed by atoms with Gasteiger partial charge >= 0.3 is 6.09 Å². The van der Waals surface area contributed by atoms with Gasteiger partial charge in [-0.3, -0.25) is 4.79 Å². The Morgan fingerprint density at radius 3 is 2.83 bits per heavy atom. The summed E-state index contributed by atoms with van der Waals surface area (Å²) in [6.45, 7) is 2.50. The van der Waals surface area contributed by atoms with Gasteiger partial charge in [-0.25, -0.2) is 9.78 Å². The molecule has 154 valence electrons. The number of alkyl carbamates (subject to hydrolysis) is 1. The van der Waals surface area contributed by atoms with Crippen molar-refractivity contribution in [2.45, 2.75) is 32.5 Å². The predicted molar refractivity (Wildman–Crippen MR) is 102 cm³/mol. The number of aromatic nitrogens is 2. The number of nitrogens with zero attached hydrogens (tertiary/aromatic N) is 3. The van der Waals surface area contributed by atoms with E-state index in [9.17, 15) is 14.0 Å². The maximum Gasteiger partial charge on any atom is 0.407 e. The van der Waals surface area contributed by atoms with Crippen LogP contribution >= 0.6 is 0 Å². The molecule has 0 spiro atoms. The van der Waals surface area contributed by atoms with E-state index in [0.717, 1.165) is 5.56 Å². The van der Waals surface area contributed by atoms with Crippen LogP contribution in [0.3, 0.4) is 0 Å². The van der Waals surface area contributed by atoms with Crippen LogP contribution in [0.5, 0.6) is 5.88 Å². The van der Waals surface area contributed by atoms with Crippen LogP contribution in [0.1, 0.15) is 24.6 Å². The molecule has 1 aromatic carbocycles. The fourth-order valence-electron chi connectivity index (χ4n) is 2.96. The van der Waals surface area contributed by atoms with Crippen molar-refractivity contribution in [2.24, 2.45) is 0 Å². The van der Waals surface area contributed by atoms with E-state index in [1.807, 2.05) is 30.3 Å². The molecule has 1 aromatic heterocycles. The molecule has 3 rings (SSSR count). The lowest BCUT2D eigenvalue weighted by atomic mass is 10.2. The topological polar surface area (TPSA) is 93.7 Å². The Morgan fingerprint density at radius 1 is 1.28 bits per heavy atom. The maximum absolute atomic E-state index is 14.2. The SMILES string of the molecule is CCc1ncnc(OC2CCN(C(=O)CNC(=O)OCc3ccccc3)C2)c1F. The van der Waals surface area contributed by atoms with Crippen molar-refractivity contribution in [3.05, 3.63) is 53.7 Å². The van der Waals surface area contributed by atoms with E-state index in [2.05, 4.69) is 15.3 Å². The molecular formula is C20H23FN4O4. The van der Waals surface area contributed by atoms with E-state index in [-0.39, 0.29) is 31.0 Å². The molecule has 1 atom stereocenters. The van der Waals surface area contributed by atoms with Gasteiger partial charge in [-0.2, -0.15) is 9.37 Å². The van der Waals surface area contributed by atoms with Crippen molar-refractivity contribution in [3.63, 3.8) is 0 Å². The highest BCUT2D eigenvalue weighted by Gasteiger charge is 2.29. The second-order valence-electron chi connectivity index (χ2n) is 6.58. The highest BCUT2D eigenvalue weighted by Crippen LogP contribution is 2.21. The monoisotopic (exact) mass is 402 g/mol. The fourth-order valence-corrected chi connectivity index (χ4v) is 2.96. The zero-order valence-corrected chi connectivity index (χ0v) is 16.1. The van der Waals surface area contributed by atoms with Crippen LogP contribution in [0, 0.1) is 5.82 Å². The first-order valence-electron chi connectivity index (χ1n) is 9.45. The van der Waals surface area contributed by atoms with Gasteiger partial charge in [0.1, 0.15) is 25.6 Å². The molecule has 1 unspecified atom stereocenters. The van der Waals surface area contributed by atoms with Crippen LogP contribution in [0.4, 0.5) is 9.18 Å². The molecule has 1 aliphatic heterocycles. The van der Waals surface area contributed by atoms with E-state index in [4.69, 9.17) is 9.47 Å². The van der Waals surface area contributed by atoms with Crippen LogP contribution < -0.4 is 10.1 Å². The summed E-state index contributed by atoms with van der Waals surface area (Å²) in [5.41, 5.74) is 1.15. The van der Waals surface area contributed by atoms with Gasteiger partial charge in [0.25, 0.3) is 5.88 Å². The number of likely N-dealkylation sites (tertiary alicyclic amines) is 1. The Hall–Kier alpha value is -3.23. The Bertz CT molecular complexity index is 850. The van der Waals surface area contributed by atoms with Crippen molar-refractivity contribution in [1.82, 2.24) is 20.2 Å². The molecule has 29 heavy (non-hydrogen) atoms. The smallest absolute Gasteiger partial charge is 0.407 e. The Kier molecular flexibility index (Phi) is 6.94. The number of carbonyl (C=O) groups excluding carboxylic acids is 2. The van der Waals surface area contributed by atoms with Crippen molar-refractivity contribution in [2.75, 3.05) is 19.6 Å². The maximum atomic E-state index is 14.2. The average molecular weight is 402 g/mol. The van der Waals surface area contributed by atoms with Crippen molar-refractivity contribution >= 4 is 12.0 Å². The molecule has 0 bridgehead atoms. The molecule has 0 radical (unpaired) electrons. The van der Waals surface area contributed by atoms with E-state index in [1.54, 1.807) is 11.8 Å². The minimum Gasteiger partial charge on any atom is -0.470 e. The summed E-state index contributed by atoms with van der Waals surface area (Å²) >= 11 is 0. The summed E-state index contributed by atoms with van der Waals surface area (Å²) < 4.78 is 24.9.